The van der Waals surface area contributed by atoms with Gasteiger partial charge >= 0.3 is 0 Å². The summed E-state index contributed by atoms with van der Waals surface area (Å²) >= 11 is 0. The van der Waals surface area contributed by atoms with Crippen LogP contribution in [0.25, 0.3) is 0 Å². The molecule has 1 fully saturated rings. The predicted molar refractivity (Wildman–Crippen MR) is 63.9 cm³/mol. The second-order valence-electron chi connectivity index (χ2n) is 4.76. The highest BCUT2D eigenvalue weighted by Gasteiger charge is 2.20. The summed E-state index contributed by atoms with van der Waals surface area (Å²) in [4.78, 5) is 0. The molecule has 3 nitrogen and oxygen atoms in total. The van der Waals surface area contributed by atoms with E-state index in [1.165, 1.54) is 19.3 Å². The van der Waals surface area contributed by atoms with E-state index in [2.05, 4.69) is 12.2 Å². The molecule has 0 aromatic rings. The van der Waals surface area contributed by atoms with Crippen LogP contribution < -0.4 is 11.1 Å². The second-order valence-corrected chi connectivity index (χ2v) is 4.76. The summed E-state index contributed by atoms with van der Waals surface area (Å²) in [6, 6.07) is 0. The first-order valence-corrected chi connectivity index (χ1v) is 6.31. The van der Waals surface area contributed by atoms with Gasteiger partial charge in [0.2, 0.25) is 0 Å². The molecule has 90 valence electrons. The van der Waals surface area contributed by atoms with Gasteiger partial charge in [0.05, 0.1) is 6.61 Å². The number of hydrogen-bond acceptors (Lipinski definition) is 3. The minimum atomic E-state index is 0.733. The Morgan fingerprint density at radius 2 is 2.27 bits per heavy atom. The van der Waals surface area contributed by atoms with Crippen LogP contribution in [0, 0.1) is 11.8 Å². The van der Waals surface area contributed by atoms with E-state index in [4.69, 9.17) is 10.5 Å². The van der Waals surface area contributed by atoms with Crippen LogP contribution in [-0.4, -0.2) is 32.8 Å². The summed E-state index contributed by atoms with van der Waals surface area (Å²) in [5, 5.41) is 3.42. The third kappa shape index (κ3) is 7.77. The fraction of sp³-hybridized carbons (Fsp3) is 1.00. The maximum absolute atomic E-state index is 5.54. The van der Waals surface area contributed by atoms with Gasteiger partial charge in [0.25, 0.3) is 0 Å². The van der Waals surface area contributed by atoms with E-state index >= 15 is 0 Å². The largest absolute Gasteiger partial charge is 0.380 e. The first kappa shape index (κ1) is 12.9. The Bertz CT molecular complexity index is 149. The summed E-state index contributed by atoms with van der Waals surface area (Å²) in [6.07, 6.45) is 5.13. The van der Waals surface area contributed by atoms with Crippen molar-refractivity contribution in [3.05, 3.63) is 0 Å². The Kier molecular flexibility index (Phi) is 6.98. The minimum absolute atomic E-state index is 0.733. The van der Waals surface area contributed by atoms with Gasteiger partial charge in [-0.3, -0.25) is 0 Å². The highest BCUT2D eigenvalue weighted by atomic mass is 16.5. The topological polar surface area (TPSA) is 47.3 Å². The molecular weight excluding hydrogens is 188 g/mol. The van der Waals surface area contributed by atoms with Crippen LogP contribution in [0.15, 0.2) is 0 Å². The molecule has 0 aromatic heterocycles. The van der Waals surface area contributed by atoms with Gasteiger partial charge in [-0.2, -0.15) is 0 Å². The highest BCUT2D eigenvalue weighted by Crippen LogP contribution is 2.28. The summed E-state index contributed by atoms with van der Waals surface area (Å²) in [7, 11) is 0. The fourth-order valence-corrected chi connectivity index (χ4v) is 1.60. The van der Waals surface area contributed by atoms with Crippen molar-refractivity contribution >= 4 is 0 Å². The van der Waals surface area contributed by atoms with Crippen molar-refractivity contribution in [2.75, 3.05) is 32.8 Å². The zero-order chi connectivity index (χ0) is 10.9. The standard InChI is InChI=1S/C12H26N2O/c1-11(3-2-6-13)9-14-7-8-15-10-12-4-5-12/h11-12,14H,2-10,13H2,1H3. The Morgan fingerprint density at radius 1 is 1.47 bits per heavy atom. The van der Waals surface area contributed by atoms with E-state index in [1.807, 2.05) is 0 Å². The smallest absolute Gasteiger partial charge is 0.0591 e. The molecule has 0 aliphatic heterocycles. The Hall–Kier alpha value is -0.120. The quantitative estimate of drug-likeness (QED) is 0.540. The third-order valence-corrected chi connectivity index (χ3v) is 2.87. The molecule has 1 saturated carbocycles. The molecule has 1 unspecified atom stereocenters. The van der Waals surface area contributed by atoms with Crippen molar-refractivity contribution in [3.63, 3.8) is 0 Å². The average molecular weight is 214 g/mol. The molecule has 0 aromatic carbocycles. The van der Waals surface area contributed by atoms with Crippen LogP contribution in [0.4, 0.5) is 0 Å². The molecule has 0 spiro atoms. The lowest BCUT2D eigenvalue weighted by Crippen LogP contribution is -2.25. The van der Waals surface area contributed by atoms with Crippen LogP contribution in [0.5, 0.6) is 0 Å². The molecule has 0 bridgehead atoms. The van der Waals surface area contributed by atoms with Gasteiger partial charge in [-0.25, -0.2) is 0 Å². The first-order valence-electron chi connectivity index (χ1n) is 6.31. The fourth-order valence-electron chi connectivity index (χ4n) is 1.60. The zero-order valence-corrected chi connectivity index (χ0v) is 10.0. The summed E-state index contributed by atoms with van der Waals surface area (Å²) in [5.74, 6) is 1.62. The molecule has 3 N–H and O–H groups in total. The van der Waals surface area contributed by atoms with Crippen molar-refractivity contribution in [1.29, 1.82) is 0 Å². The molecule has 1 aliphatic rings. The molecule has 3 heteroatoms. The van der Waals surface area contributed by atoms with Crippen LogP contribution >= 0.6 is 0 Å². The van der Waals surface area contributed by atoms with E-state index in [9.17, 15) is 0 Å². The van der Waals surface area contributed by atoms with Crippen molar-refractivity contribution in [1.82, 2.24) is 5.32 Å². The Morgan fingerprint density at radius 3 is 2.93 bits per heavy atom. The van der Waals surface area contributed by atoms with Crippen LogP contribution in [0.3, 0.4) is 0 Å². The molecule has 15 heavy (non-hydrogen) atoms. The Labute approximate surface area is 93.8 Å². The number of hydrogen-bond donors (Lipinski definition) is 2. The van der Waals surface area contributed by atoms with Crippen molar-refractivity contribution in [3.8, 4) is 0 Å². The summed E-state index contributed by atoms with van der Waals surface area (Å²) in [6.45, 7) is 7.00. The van der Waals surface area contributed by atoms with Crippen LogP contribution in [-0.2, 0) is 4.74 Å². The van der Waals surface area contributed by atoms with Gasteiger partial charge in [-0.1, -0.05) is 6.92 Å². The van der Waals surface area contributed by atoms with Gasteiger partial charge < -0.3 is 15.8 Å². The van der Waals surface area contributed by atoms with Crippen LogP contribution in [0.2, 0.25) is 0 Å². The van der Waals surface area contributed by atoms with Gasteiger partial charge in [0.1, 0.15) is 0 Å². The normalized spacial score (nSPS) is 18.0. The maximum atomic E-state index is 5.54. The predicted octanol–water partition coefficient (Wildman–Crippen LogP) is 1.38. The molecule has 1 rings (SSSR count). The highest BCUT2D eigenvalue weighted by molar-refractivity contribution is 4.71. The van der Waals surface area contributed by atoms with Crippen molar-refractivity contribution in [2.45, 2.75) is 32.6 Å². The zero-order valence-electron chi connectivity index (χ0n) is 10.0. The molecule has 1 aliphatic carbocycles. The van der Waals surface area contributed by atoms with E-state index in [-0.39, 0.29) is 0 Å². The average Bonchev–Trinajstić information content (AvgIpc) is 3.04. The van der Waals surface area contributed by atoms with Gasteiger partial charge in [0, 0.05) is 13.2 Å². The monoisotopic (exact) mass is 214 g/mol. The van der Waals surface area contributed by atoms with Crippen molar-refractivity contribution in [2.24, 2.45) is 17.6 Å². The molecule has 0 amide bonds. The lowest BCUT2D eigenvalue weighted by atomic mass is 10.1. The maximum Gasteiger partial charge on any atom is 0.0591 e. The molecule has 0 radical (unpaired) electrons. The molecule has 1 atom stereocenters. The molecule has 0 saturated heterocycles. The van der Waals surface area contributed by atoms with Gasteiger partial charge in [0.15, 0.2) is 0 Å². The van der Waals surface area contributed by atoms with Crippen LogP contribution in [0.1, 0.15) is 32.6 Å². The third-order valence-electron chi connectivity index (χ3n) is 2.87. The second kappa shape index (κ2) is 8.08. The molecular formula is C12H26N2O. The lowest BCUT2D eigenvalue weighted by Gasteiger charge is -2.11. The SMILES string of the molecule is CC(CCCN)CNCCOCC1CC1. The van der Waals surface area contributed by atoms with E-state index in [0.29, 0.717) is 0 Å². The summed E-state index contributed by atoms with van der Waals surface area (Å²) in [5.41, 5.74) is 5.46. The van der Waals surface area contributed by atoms with Crippen molar-refractivity contribution < 1.29 is 4.74 Å². The lowest BCUT2D eigenvalue weighted by molar-refractivity contribution is 0.125. The van der Waals surface area contributed by atoms with Gasteiger partial charge in [-0.05, 0) is 50.6 Å². The number of nitrogens with one attached hydrogen (secondary N) is 1. The van der Waals surface area contributed by atoms with Gasteiger partial charge in [-0.15, -0.1) is 0 Å². The van der Waals surface area contributed by atoms with E-state index < -0.39 is 0 Å². The Balaban J connectivity index is 1.74. The summed E-state index contributed by atoms with van der Waals surface area (Å²) < 4.78 is 5.54. The number of rotatable bonds is 10. The minimum Gasteiger partial charge on any atom is -0.380 e. The molecule has 0 heterocycles. The first-order chi connectivity index (χ1) is 7.33. The number of nitrogens with two attached hydrogens (primary N) is 1. The number of ether oxygens (including phenoxy) is 1. The van der Waals surface area contributed by atoms with E-state index in [1.54, 1.807) is 0 Å². The van der Waals surface area contributed by atoms with E-state index in [0.717, 1.165) is 51.1 Å².